The lowest BCUT2D eigenvalue weighted by molar-refractivity contribution is 0.0925. The second-order valence-electron chi connectivity index (χ2n) is 7.90. The van der Waals surface area contributed by atoms with Crippen molar-refractivity contribution in [2.75, 3.05) is 13.7 Å². The average Bonchev–Trinajstić information content (AvgIpc) is 3.40. The molecule has 3 heterocycles. The van der Waals surface area contributed by atoms with Crippen molar-refractivity contribution >= 4 is 0 Å². The number of rotatable bonds is 7. The van der Waals surface area contributed by atoms with Gasteiger partial charge in [-0.05, 0) is 48.4 Å². The molecular weight excluding hydrogens is 405 g/mol. The predicted molar refractivity (Wildman–Crippen MR) is 121 cm³/mol. The molecule has 0 bridgehead atoms. The van der Waals surface area contributed by atoms with Crippen LogP contribution in [0.4, 0.5) is 4.39 Å². The van der Waals surface area contributed by atoms with Crippen LogP contribution in [0.2, 0.25) is 0 Å². The highest BCUT2D eigenvalue weighted by Crippen LogP contribution is 2.39. The van der Waals surface area contributed by atoms with Crippen molar-refractivity contribution in [1.82, 2.24) is 14.5 Å². The van der Waals surface area contributed by atoms with Gasteiger partial charge in [0.25, 0.3) is 0 Å². The van der Waals surface area contributed by atoms with E-state index >= 15 is 0 Å². The van der Waals surface area contributed by atoms with E-state index in [9.17, 15) is 4.39 Å². The minimum absolute atomic E-state index is 0.168. The van der Waals surface area contributed by atoms with Gasteiger partial charge in [-0.1, -0.05) is 24.3 Å². The molecule has 5 nitrogen and oxygen atoms in total. The maximum absolute atomic E-state index is 14.0. The van der Waals surface area contributed by atoms with Crippen molar-refractivity contribution in [2.24, 2.45) is 0 Å². The van der Waals surface area contributed by atoms with Gasteiger partial charge in [0.15, 0.2) is 0 Å². The van der Waals surface area contributed by atoms with E-state index < -0.39 is 0 Å². The van der Waals surface area contributed by atoms with Crippen LogP contribution in [0.25, 0.3) is 22.5 Å². The molecule has 162 valence electrons. The minimum Gasteiger partial charge on any atom is -0.497 e. The topological polar surface area (TPSA) is 49.2 Å². The van der Waals surface area contributed by atoms with Crippen LogP contribution in [-0.4, -0.2) is 28.3 Å². The summed E-state index contributed by atoms with van der Waals surface area (Å²) in [7, 11) is 1.66. The number of imidazole rings is 1. The number of fused-ring (bicyclic) bond motifs is 1. The van der Waals surface area contributed by atoms with E-state index in [1.165, 1.54) is 12.1 Å². The standard InChI is InChI=1S/C26H24FN3O2/c1-31-23-8-5-18(6-9-23)16-32-17-22-7-10-24-29-25(20-3-2-4-21(27)15-20)26(30(22)24)19-11-13-28-14-12-19/h2-6,8-9,11-15,22H,7,10,16-17H2,1H3/t22-/m0/s1. The summed E-state index contributed by atoms with van der Waals surface area (Å²) in [6, 6.07) is 18.6. The fourth-order valence-electron chi connectivity index (χ4n) is 4.29. The molecule has 1 aliphatic heterocycles. The van der Waals surface area contributed by atoms with Crippen molar-refractivity contribution in [2.45, 2.75) is 25.5 Å². The second-order valence-corrected chi connectivity index (χ2v) is 7.90. The molecule has 0 N–H and O–H groups in total. The maximum atomic E-state index is 14.0. The highest BCUT2D eigenvalue weighted by molar-refractivity contribution is 5.79. The number of halogens is 1. The molecule has 0 spiro atoms. The van der Waals surface area contributed by atoms with E-state index in [0.29, 0.717) is 13.2 Å². The Labute approximate surface area is 186 Å². The number of aromatic nitrogens is 3. The molecule has 32 heavy (non-hydrogen) atoms. The van der Waals surface area contributed by atoms with Crippen molar-refractivity contribution in [3.8, 4) is 28.3 Å². The summed E-state index contributed by atoms with van der Waals surface area (Å²) in [6.07, 6.45) is 5.37. The Balaban J connectivity index is 1.43. The number of hydrogen-bond acceptors (Lipinski definition) is 4. The van der Waals surface area contributed by atoms with Gasteiger partial charge >= 0.3 is 0 Å². The van der Waals surface area contributed by atoms with Gasteiger partial charge < -0.3 is 14.0 Å². The normalized spacial score (nSPS) is 15.0. The maximum Gasteiger partial charge on any atom is 0.123 e. The third-order valence-corrected chi connectivity index (χ3v) is 5.84. The van der Waals surface area contributed by atoms with E-state index in [1.807, 2.05) is 42.5 Å². The Morgan fingerprint density at radius 1 is 1.03 bits per heavy atom. The third-order valence-electron chi connectivity index (χ3n) is 5.84. The first-order valence-corrected chi connectivity index (χ1v) is 10.7. The molecular formula is C26H24FN3O2. The van der Waals surface area contributed by atoms with Crippen molar-refractivity contribution < 1.29 is 13.9 Å². The molecule has 0 radical (unpaired) electrons. The number of pyridine rings is 1. The highest BCUT2D eigenvalue weighted by Gasteiger charge is 2.30. The monoisotopic (exact) mass is 429 g/mol. The number of methoxy groups -OCH3 is 1. The van der Waals surface area contributed by atoms with Gasteiger partial charge in [0, 0.05) is 29.9 Å². The van der Waals surface area contributed by atoms with Gasteiger partial charge in [0.05, 0.1) is 37.8 Å². The number of hydrogen-bond donors (Lipinski definition) is 0. The molecule has 0 saturated heterocycles. The summed E-state index contributed by atoms with van der Waals surface area (Å²) in [5, 5.41) is 0. The molecule has 6 heteroatoms. The Morgan fingerprint density at radius 2 is 1.84 bits per heavy atom. The quantitative estimate of drug-likeness (QED) is 0.391. The summed E-state index contributed by atoms with van der Waals surface area (Å²) in [5.74, 6) is 1.57. The molecule has 0 saturated carbocycles. The first-order chi connectivity index (χ1) is 15.7. The molecule has 0 amide bonds. The van der Waals surface area contributed by atoms with Crippen LogP contribution in [-0.2, 0) is 17.8 Å². The summed E-state index contributed by atoms with van der Waals surface area (Å²) in [4.78, 5) is 9.08. The van der Waals surface area contributed by atoms with Gasteiger partial charge in [-0.15, -0.1) is 0 Å². The molecule has 0 fully saturated rings. The zero-order valence-electron chi connectivity index (χ0n) is 17.9. The smallest absolute Gasteiger partial charge is 0.123 e. The predicted octanol–water partition coefficient (Wildman–Crippen LogP) is 5.46. The van der Waals surface area contributed by atoms with E-state index in [2.05, 4.69) is 9.55 Å². The number of aryl methyl sites for hydroxylation is 1. The SMILES string of the molecule is COc1ccc(COC[C@@H]2CCc3nc(-c4cccc(F)c4)c(-c4ccncc4)n32)cc1. The Kier molecular flexibility index (Phi) is 5.69. The average molecular weight is 429 g/mol. The minimum atomic E-state index is -0.268. The Hall–Kier alpha value is -3.51. The first kappa shape index (κ1) is 20.4. The highest BCUT2D eigenvalue weighted by atomic mass is 19.1. The molecule has 2 aromatic heterocycles. The van der Waals surface area contributed by atoms with Crippen molar-refractivity contribution in [3.05, 3.63) is 90.3 Å². The van der Waals surface area contributed by atoms with Gasteiger partial charge in [-0.3, -0.25) is 4.98 Å². The lowest BCUT2D eigenvalue weighted by Crippen LogP contribution is -2.13. The number of ether oxygens (including phenoxy) is 2. The van der Waals surface area contributed by atoms with Crippen LogP contribution in [0, 0.1) is 5.82 Å². The number of benzene rings is 2. The lowest BCUT2D eigenvalue weighted by atomic mass is 10.0. The molecule has 5 rings (SSSR count). The fourth-order valence-corrected chi connectivity index (χ4v) is 4.29. The Morgan fingerprint density at radius 3 is 2.59 bits per heavy atom. The Bertz CT molecular complexity index is 1210. The van der Waals surface area contributed by atoms with Crippen molar-refractivity contribution in [1.29, 1.82) is 0 Å². The molecule has 0 aliphatic carbocycles. The zero-order valence-corrected chi connectivity index (χ0v) is 17.9. The van der Waals surface area contributed by atoms with E-state index in [4.69, 9.17) is 14.5 Å². The zero-order chi connectivity index (χ0) is 21.9. The third kappa shape index (κ3) is 4.01. The summed E-state index contributed by atoms with van der Waals surface area (Å²) >= 11 is 0. The molecule has 0 unspecified atom stereocenters. The first-order valence-electron chi connectivity index (χ1n) is 10.7. The molecule has 1 atom stereocenters. The molecule has 4 aromatic rings. The van der Waals surface area contributed by atoms with Crippen LogP contribution < -0.4 is 4.74 Å². The fraction of sp³-hybridized carbons (Fsp3) is 0.231. The summed E-state index contributed by atoms with van der Waals surface area (Å²) in [6.45, 7) is 1.11. The van der Waals surface area contributed by atoms with Gasteiger partial charge in [-0.2, -0.15) is 0 Å². The van der Waals surface area contributed by atoms with Crippen LogP contribution in [0.1, 0.15) is 23.9 Å². The van der Waals surface area contributed by atoms with Gasteiger partial charge in [0.2, 0.25) is 0 Å². The van der Waals surface area contributed by atoms with E-state index in [0.717, 1.165) is 52.5 Å². The van der Waals surface area contributed by atoms with Crippen LogP contribution in [0.15, 0.2) is 73.1 Å². The molecule has 1 aliphatic rings. The molecule has 2 aromatic carbocycles. The van der Waals surface area contributed by atoms with Crippen LogP contribution in [0.5, 0.6) is 5.75 Å². The van der Waals surface area contributed by atoms with Crippen LogP contribution >= 0.6 is 0 Å². The number of nitrogens with zero attached hydrogens (tertiary/aromatic N) is 3. The lowest BCUT2D eigenvalue weighted by Gasteiger charge is -2.18. The van der Waals surface area contributed by atoms with Gasteiger partial charge in [0.1, 0.15) is 17.4 Å². The van der Waals surface area contributed by atoms with Crippen LogP contribution in [0.3, 0.4) is 0 Å². The van der Waals surface area contributed by atoms with Gasteiger partial charge in [-0.25, -0.2) is 9.37 Å². The van der Waals surface area contributed by atoms with Crippen molar-refractivity contribution in [3.63, 3.8) is 0 Å². The summed E-state index contributed by atoms with van der Waals surface area (Å²) < 4.78 is 27.6. The largest absolute Gasteiger partial charge is 0.497 e. The second kappa shape index (κ2) is 8.93. The van der Waals surface area contributed by atoms with E-state index in [-0.39, 0.29) is 11.9 Å². The summed E-state index contributed by atoms with van der Waals surface area (Å²) in [5.41, 5.74) is 4.68. The van der Waals surface area contributed by atoms with E-state index in [1.54, 1.807) is 25.6 Å².